The number of hydrogen-bond donors (Lipinski definition) is 1. The Kier molecular flexibility index (Phi) is 3.92. The van der Waals surface area contributed by atoms with Crippen molar-refractivity contribution in [3.63, 3.8) is 0 Å². The second-order valence-electron chi connectivity index (χ2n) is 3.64. The molecule has 2 aromatic rings. The number of nitrogens with zero attached hydrogens (tertiary/aromatic N) is 2. The molecule has 0 unspecified atom stereocenters. The van der Waals surface area contributed by atoms with Crippen molar-refractivity contribution < 1.29 is 32.5 Å². The maximum Gasteiger partial charge on any atom is 0.573 e. The van der Waals surface area contributed by atoms with E-state index in [2.05, 4.69) is 14.7 Å². The second-order valence-corrected chi connectivity index (χ2v) is 3.64. The molecule has 1 N–H and O–H groups in total. The van der Waals surface area contributed by atoms with E-state index in [0.717, 1.165) is 18.5 Å². The van der Waals surface area contributed by atoms with Crippen LogP contribution in [0.5, 0.6) is 17.4 Å². The van der Waals surface area contributed by atoms with Gasteiger partial charge in [0, 0.05) is 0 Å². The van der Waals surface area contributed by atoms with Crippen LogP contribution < -0.4 is 9.47 Å². The Morgan fingerprint density at radius 1 is 1.14 bits per heavy atom. The van der Waals surface area contributed by atoms with E-state index >= 15 is 0 Å². The zero-order valence-electron chi connectivity index (χ0n) is 10.2. The fourth-order valence-corrected chi connectivity index (χ4v) is 1.36. The molecule has 21 heavy (non-hydrogen) atoms. The molecular weight excluding hydrogens is 293 g/mol. The summed E-state index contributed by atoms with van der Waals surface area (Å²) in [6.45, 7) is 0. The van der Waals surface area contributed by atoms with Gasteiger partial charge in [0.25, 0.3) is 0 Å². The average Bonchev–Trinajstić information content (AvgIpc) is 2.40. The minimum atomic E-state index is -4.88. The summed E-state index contributed by atoms with van der Waals surface area (Å²) >= 11 is 0. The topological polar surface area (TPSA) is 81.5 Å². The monoisotopic (exact) mass is 300 g/mol. The van der Waals surface area contributed by atoms with Gasteiger partial charge in [-0.05, 0) is 12.1 Å². The molecule has 0 aliphatic heterocycles. The van der Waals surface area contributed by atoms with Crippen LogP contribution in [0, 0.1) is 0 Å². The van der Waals surface area contributed by atoms with Crippen LogP contribution in [0.3, 0.4) is 0 Å². The van der Waals surface area contributed by atoms with Crippen molar-refractivity contribution in [1.82, 2.24) is 9.97 Å². The Hall–Kier alpha value is -2.84. The summed E-state index contributed by atoms with van der Waals surface area (Å²) in [5, 5.41) is 8.75. The van der Waals surface area contributed by atoms with Gasteiger partial charge in [-0.3, -0.25) is 4.98 Å². The van der Waals surface area contributed by atoms with Gasteiger partial charge < -0.3 is 14.6 Å². The van der Waals surface area contributed by atoms with Crippen molar-refractivity contribution in [2.45, 2.75) is 6.36 Å². The Morgan fingerprint density at radius 3 is 2.43 bits per heavy atom. The molecule has 0 saturated carbocycles. The minimum Gasteiger partial charge on any atom is -0.476 e. The van der Waals surface area contributed by atoms with E-state index < -0.39 is 23.8 Å². The lowest BCUT2D eigenvalue weighted by Gasteiger charge is -2.13. The van der Waals surface area contributed by atoms with Crippen LogP contribution in [0.1, 0.15) is 10.5 Å². The Labute approximate surface area is 115 Å². The van der Waals surface area contributed by atoms with Crippen LogP contribution in [-0.4, -0.2) is 27.4 Å². The van der Waals surface area contributed by atoms with E-state index in [1.807, 2.05) is 0 Å². The maximum absolute atomic E-state index is 12.2. The van der Waals surface area contributed by atoms with Gasteiger partial charge in [-0.2, -0.15) is 0 Å². The summed E-state index contributed by atoms with van der Waals surface area (Å²) in [5.74, 6) is -2.46. The van der Waals surface area contributed by atoms with Crippen LogP contribution in [0.4, 0.5) is 13.2 Å². The molecule has 0 atom stereocenters. The number of carbonyl (C=O) groups is 1. The highest BCUT2D eigenvalue weighted by Crippen LogP contribution is 2.34. The SMILES string of the molecule is O=C(O)c1cncc(Oc2ccccc2OC(F)(F)F)n1. The normalized spacial score (nSPS) is 11.0. The number of hydrogen-bond acceptors (Lipinski definition) is 5. The van der Waals surface area contributed by atoms with Gasteiger partial charge in [0.1, 0.15) is 0 Å². The predicted molar refractivity (Wildman–Crippen MR) is 62.2 cm³/mol. The summed E-state index contributed by atoms with van der Waals surface area (Å²) < 4.78 is 45.6. The summed E-state index contributed by atoms with van der Waals surface area (Å²) in [4.78, 5) is 17.9. The largest absolute Gasteiger partial charge is 0.573 e. The molecule has 110 valence electrons. The molecule has 2 rings (SSSR count). The molecule has 0 saturated heterocycles. The first kappa shape index (κ1) is 14.6. The van der Waals surface area contributed by atoms with E-state index in [1.165, 1.54) is 18.2 Å². The van der Waals surface area contributed by atoms with Crippen LogP contribution >= 0.6 is 0 Å². The van der Waals surface area contributed by atoms with Crippen molar-refractivity contribution in [3.05, 3.63) is 42.4 Å². The minimum absolute atomic E-state index is 0.270. The first-order chi connectivity index (χ1) is 9.85. The molecule has 0 aliphatic carbocycles. The van der Waals surface area contributed by atoms with Gasteiger partial charge in [-0.15, -0.1) is 13.2 Å². The highest BCUT2D eigenvalue weighted by Gasteiger charge is 2.32. The summed E-state index contributed by atoms with van der Waals surface area (Å²) in [5.41, 5.74) is -0.401. The molecule has 1 aromatic heterocycles. The number of aromatic nitrogens is 2. The first-order valence-electron chi connectivity index (χ1n) is 5.43. The Balaban J connectivity index is 2.27. The van der Waals surface area contributed by atoms with Crippen LogP contribution in [0.25, 0.3) is 0 Å². The highest BCUT2D eigenvalue weighted by atomic mass is 19.4. The third-order valence-corrected chi connectivity index (χ3v) is 2.12. The second kappa shape index (κ2) is 5.65. The molecule has 6 nitrogen and oxygen atoms in total. The van der Waals surface area contributed by atoms with Crippen molar-refractivity contribution in [3.8, 4) is 17.4 Å². The number of ether oxygens (including phenoxy) is 2. The third kappa shape index (κ3) is 4.06. The average molecular weight is 300 g/mol. The quantitative estimate of drug-likeness (QED) is 0.935. The van der Waals surface area contributed by atoms with Gasteiger partial charge in [0.05, 0.1) is 12.4 Å². The molecule has 0 spiro atoms. The van der Waals surface area contributed by atoms with Crippen LogP contribution in [-0.2, 0) is 0 Å². The first-order valence-corrected chi connectivity index (χ1v) is 5.43. The molecule has 0 aliphatic rings. The van der Waals surface area contributed by atoms with Gasteiger partial charge in [-0.25, -0.2) is 9.78 Å². The van der Waals surface area contributed by atoms with E-state index in [0.29, 0.717) is 0 Å². The van der Waals surface area contributed by atoms with E-state index in [9.17, 15) is 18.0 Å². The van der Waals surface area contributed by atoms with Gasteiger partial charge in [-0.1, -0.05) is 12.1 Å². The fourth-order valence-electron chi connectivity index (χ4n) is 1.36. The standard InChI is InChI=1S/C12H7F3N2O4/c13-12(14,15)21-9-4-2-1-3-8(9)20-10-6-16-5-7(17-10)11(18)19/h1-6H,(H,18,19). The lowest BCUT2D eigenvalue weighted by Crippen LogP contribution is -2.17. The highest BCUT2D eigenvalue weighted by molar-refractivity contribution is 5.84. The molecule has 0 bridgehead atoms. The molecule has 0 fully saturated rings. The van der Waals surface area contributed by atoms with Crippen molar-refractivity contribution in [2.75, 3.05) is 0 Å². The molecule has 0 radical (unpaired) electrons. The molecule has 1 heterocycles. The van der Waals surface area contributed by atoms with Crippen molar-refractivity contribution >= 4 is 5.97 Å². The van der Waals surface area contributed by atoms with Gasteiger partial charge >= 0.3 is 12.3 Å². The number of carboxylic acid groups (broad SMARTS) is 1. The molecular formula is C12H7F3N2O4. The van der Waals surface area contributed by atoms with E-state index in [-0.39, 0.29) is 11.6 Å². The summed E-state index contributed by atoms with van der Waals surface area (Å²) in [6.07, 6.45) is -2.84. The van der Waals surface area contributed by atoms with Crippen LogP contribution in [0.2, 0.25) is 0 Å². The molecule has 1 aromatic carbocycles. The van der Waals surface area contributed by atoms with Crippen molar-refractivity contribution in [1.29, 1.82) is 0 Å². The lowest BCUT2D eigenvalue weighted by molar-refractivity contribution is -0.275. The Morgan fingerprint density at radius 2 is 1.81 bits per heavy atom. The number of carboxylic acids is 1. The predicted octanol–water partition coefficient (Wildman–Crippen LogP) is 2.87. The number of halogens is 3. The third-order valence-electron chi connectivity index (χ3n) is 2.12. The fraction of sp³-hybridized carbons (Fsp3) is 0.0833. The zero-order chi connectivity index (χ0) is 15.5. The van der Waals surface area contributed by atoms with E-state index in [4.69, 9.17) is 9.84 Å². The molecule has 9 heteroatoms. The van der Waals surface area contributed by atoms with Crippen molar-refractivity contribution in [2.24, 2.45) is 0 Å². The number of para-hydroxylation sites is 2. The number of alkyl halides is 3. The Bertz CT molecular complexity index is 661. The number of aromatic carboxylic acids is 1. The maximum atomic E-state index is 12.2. The number of rotatable bonds is 4. The number of benzene rings is 1. The zero-order valence-corrected chi connectivity index (χ0v) is 10.2. The van der Waals surface area contributed by atoms with Gasteiger partial charge in [0.2, 0.25) is 5.88 Å². The lowest BCUT2D eigenvalue weighted by atomic mass is 10.3. The summed E-state index contributed by atoms with van der Waals surface area (Å²) in [7, 11) is 0. The van der Waals surface area contributed by atoms with Gasteiger partial charge in [0.15, 0.2) is 17.2 Å². The summed E-state index contributed by atoms with van der Waals surface area (Å²) in [6, 6.07) is 5.02. The van der Waals surface area contributed by atoms with E-state index in [1.54, 1.807) is 0 Å². The van der Waals surface area contributed by atoms with Crippen LogP contribution in [0.15, 0.2) is 36.7 Å². The smallest absolute Gasteiger partial charge is 0.476 e. The molecule has 0 amide bonds.